The first-order valence-corrected chi connectivity index (χ1v) is 12.6. The molecule has 0 aromatic heterocycles. The molecule has 0 radical (unpaired) electrons. The fourth-order valence-electron chi connectivity index (χ4n) is 4.34. The number of nitrogens with one attached hydrogen (secondary N) is 1. The van der Waals surface area contributed by atoms with Gasteiger partial charge in [-0.15, -0.1) is 0 Å². The van der Waals surface area contributed by atoms with E-state index in [-0.39, 0.29) is 12.6 Å². The van der Waals surface area contributed by atoms with E-state index in [4.69, 9.17) is 18.9 Å². The maximum absolute atomic E-state index is 11.3. The summed E-state index contributed by atoms with van der Waals surface area (Å²) in [5.41, 5.74) is 0. The normalized spacial score (nSPS) is 36.2. The number of amides is 1. The average molecular weight is 540 g/mol. The number of esters is 1. The second-order valence-corrected chi connectivity index (χ2v) is 9.14. The minimum absolute atomic E-state index is 0.223. The molecule has 14 nitrogen and oxygen atoms in total. The highest BCUT2D eigenvalue weighted by Gasteiger charge is 2.51. The monoisotopic (exact) mass is 539 g/mol. The van der Waals surface area contributed by atoms with Crippen molar-refractivity contribution in [1.29, 1.82) is 0 Å². The number of rotatable bonds is 16. The molecule has 2 heterocycles. The van der Waals surface area contributed by atoms with Crippen LogP contribution >= 0.6 is 0 Å². The number of aliphatic hydroxyl groups excluding tert-OH is 6. The summed E-state index contributed by atoms with van der Waals surface area (Å²) < 4.78 is 27.1. The van der Waals surface area contributed by atoms with E-state index in [2.05, 4.69) is 10.1 Å². The molecule has 0 bridgehead atoms. The van der Waals surface area contributed by atoms with Crippen molar-refractivity contribution in [1.82, 2.24) is 5.32 Å². The van der Waals surface area contributed by atoms with Gasteiger partial charge in [-0.3, -0.25) is 9.59 Å². The molecule has 0 aromatic carbocycles. The zero-order valence-corrected chi connectivity index (χ0v) is 21.0. The molecule has 2 saturated heterocycles. The van der Waals surface area contributed by atoms with Gasteiger partial charge >= 0.3 is 5.97 Å². The zero-order valence-electron chi connectivity index (χ0n) is 21.0. The van der Waals surface area contributed by atoms with Gasteiger partial charge in [-0.2, -0.15) is 0 Å². The second kappa shape index (κ2) is 16.5. The highest BCUT2D eigenvalue weighted by Crippen LogP contribution is 2.29. The molecule has 0 spiro atoms. The molecule has 2 fully saturated rings. The number of hydrogen-bond acceptors (Lipinski definition) is 13. The molecule has 10 atom stereocenters. The van der Waals surface area contributed by atoms with Gasteiger partial charge in [0.2, 0.25) is 6.41 Å². The van der Waals surface area contributed by atoms with E-state index in [1.165, 1.54) is 7.11 Å². The standard InChI is InChI=1S/C23H41NO13/c1-33-15(28)8-6-4-2-3-5-7-9-34-22-16(24-12-27)21(18(30)14(11-26)35-22)37-23-20(32)19(31)17(29)13(10-25)36-23/h12-14,16-23,25-26,29-32H,2-11H2,1H3,(H,24,27)/t13?,14?,16?,17-,18+,19?,20?,21?,22+,23?/m0/s1. The van der Waals surface area contributed by atoms with Crippen LogP contribution in [0.2, 0.25) is 0 Å². The maximum atomic E-state index is 11.3. The molecule has 0 aliphatic carbocycles. The van der Waals surface area contributed by atoms with Crippen molar-refractivity contribution < 1.29 is 63.9 Å². The van der Waals surface area contributed by atoms with Crippen molar-refractivity contribution >= 4 is 12.4 Å². The summed E-state index contributed by atoms with van der Waals surface area (Å²) in [6.07, 6.45) is -7.13. The van der Waals surface area contributed by atoms with Gasteiger partial charge in [-0.1, -0.05) is 25.7 Å². The Kier molecular flexibility index (Phi) is 14.2. The minimum Gasteiger partial charge on any atom is -0.469 e. The molecule has 7 N–H and O–H groups in total. The van der Waals surface area contributed by atoms with Crippen LogP contribution in [0.1, 0.15) is 44.9 Å². The van der Waals surface area contributed by atoms with Gasteiger partial charge in [0.1, 0.15) is 48.8 Å². The van der Waals surface area contributed by atoms with Crippen molar-refractivity contribution in [3.63, 3.8) is 0 Å². The first-order chi connectivity index (χ1) is 17.8. The van der Waals surface area contributed by atoms with E-state index in [1.807, 2.05) is 0 Å². The van der Waals surface area contributed by atoms with Crippen LogP contribution in [0.25, 0.3) is 0 Å². The second-order valence-electron chi connectivity index (χ2n) is 9.14. The number of methoxy groups -OCH3 is 1. The van der Waals surface area contributed by atoms with E-state index < -0.39 is 74.6 Å². The predicted molar refractivity (Wildman–Crippen MR) is 124 cm³/mol. The van der Waals surface area contributed by atoms with Crippen molar-refractivity contribution in [2.75, 3.05) is 26.9 Å². The van der Waals surface area contributed by atoms with Crippen molar-refractivity contribution in [3.05, 3.63) is 0 Å². The van der Waals surface area contributed by atoms with E-state index >= 15 is 0 Å². The molecule has 1 amide bonds. The Balaban J connectivity index is 1.93. The third kappa shape index (κ3) is 9.06. The van der Waals surface area contributed by atoms with Gasteiger partial charge in [0.25, 0.3) is 0 Å². The van der Waals surface area contributed by atoms with Crippen LogP contribution in [0, 0.1) is 0 Å². The molecule has 7 unspecified atom stereocenters. The lowest BCUT2D eigenvalue weighted by Gasteiger charge is -2.47. The topological polar surface area (TPSA) is 214 Å². The fraction of sp³-hybridized carbons (Fsp3) is 0.913. The Morgan fingerprint density at radius 2 is 1.43 bits per heavy atom. The van der Waals surface area contributed by atoms with Crippen LogP contribution in [0.5, 0.6) is 0 Å². The summed E-state index contributed by atoms with van der Waals surface area (Å²) in [5.74, 6) is -0.223. The van der Waals surface area contributed by atoms with E-state index in [9.17, 15) is 40.2 Å². The molecule has 37 heavy (non-hydrogen) atoms. The van der Waals surface area contributed by atoms with Crippen molar-refractivity contribution in [2.24, 2.45) is 0 Å². The predicted octanol–water partition coefficient (Wildman–Crippen LogP) is -2.72. The van der Waals surface area contributed by atoms with Gasteiger partial charge in [0, 0.05) is 13.0 Å². The molecule has 0 saturated carbocycles. The Morgan fingerprint density at radius 3 is 2.05 bits per heavy atom. The van der Waals surface area contributed by atoms with Gasteiger partial charge in [0.05, 0.1) is 20.3 Å². The fourth-order valence-corrected chi connectivity index (χ4v) is 4.34. The Hall–Kier alpha value is -1.46. The van der Waals surface area contributed by atoms with Crippen LogP contribution < -0.4 is 5.32 Å². The molecule has 14 heteroatoms. The Labute approximate surface area is 215 Å². The highest BCUT2D eigenvalue weighted by atomic mass is 16.7. The van der Waals surface area contributed by atoms with Crippen LogP contribution in [-0.2, 0) is 33.3 Å². The summed E-state index contributed by atoms with van der Waals surface area (Å²) in [4.78, 5) is 22.4. The van der Waals surface area contributed by atoms with E-state index in [0.29, 0.717) is 19.3 Å². The lowest BCUT2D eigenvalue weighted by molar-refractivity contribution is -0.344. The van der Waals surface area contributed by atoms with Gasteiger partial charge in [-0.05, 0) is 12.8 Å². The van der Waals surface area contributed by atoms with Crippen LogP contribution in [-0.4, -0.2) is 131 Å². The maximum Gasteiger partial charge on any atom is 0.305 e. The Bertz CT molecular complexity index is 669. The molecule has 0 aromatic rings. The number of unbranched alkanes of at least 4 members (excludes halogenated alkanes) is 5. The van der Waals surface area contributed by atoms with Gasteiger partial charge < -0.3 is 59.6 Å². The molecule has 2 aliphatic heterocycles. The highest BCUT2D eigenvalue weighted by molar-refractivity contribution is 5.68. The smallest absolute Gasteiger partial charge is 0.305 e. The number of ether oxygens (including phenoxy) is 5. The quantitative estimate of drug-likeness (QED) is 0.0604. The molecular weight excluding hydrogens is 498 g/mol. The van der Waals surface area contributed by atoms with Crippen LogP contribution in [0.3, 0.4) is 0 Å². The number of carbonyl (C=O) groups is 2. The van der Waals surface area contributed by atoms with Crippen LogP contribution in [0.15, 0.2) is 0 Å². The lowest BCUT2D eigenvalue weighted by atomic mass is 9.95. The third-order valence-electron chi connectivity index (χ3n) is 6.54. The molecule has 216 valence electrons. The van der Waals surface area contributed by atoms with E-state index in [0.717, 1.165) is 32.1 Å². The van der Waals surface area contributed by atoms with Crippen molar-refractivity contribution in [3.8, 4) is 0 Å². The van der Waals surface area contributed by atoms with E-state index in [1.54, 1.807) is 0 Å². The van der Waals surface area contributed by atoms with Crippen molar-refractivity contribution in [2.45, 2.75) is 106 Å². The van der Waals surface area contributed by atoms with Crippen LogP contribution in [0.4, 0.5) is 0 Å². The SMILES string of the molecule is COC(=O)CCCCCCCCO[C@@H]1OC(CO)[C@@H](O)C(OC2OC(CO)[C@H](O)C(O)C2O)C1NC=O. The summed E-state index contributed by atoms with van der Waals surface area (Å²) >= 11 is 0. The Morgan fingerprint density at radius 1 is 0.838 bits per heavy atom. The summed E-state index contributed by atoms with van der Waals surface area (Å²) in [7, 11) is 1.36. The average Bonchev–Trinajstić information content (AvgIpc) is 2.90. The van der Waals surface area contributed by atoms with Gasteiger partial charge in [0.15, 0.2) is 12.6 Å². The minimum atomic E-state index is -1.73. The first kappa shape index (κ1) is 31.8. The summed E-state index contributed by atoms with van der Waals surface area (Å²) in [5, 5.41) is 62.6. The lowest BCUT2D eigenvalue weighted by Crippen LogP contribution is -2.67. The first-order valence-electron chi connectivity index (χ1n) is 12.6. The zero-order chi connectivity index (χ0) is 27.4. The molecular formula is C23H41NO13. The third-order valence-corrected chi connectivity index (χ3v) is 6.54. The largest absolute Gasteiger partial charge is 0.469 e. The van der Waals surface area contributed by atoms with Gasteiger partial charge in [-0.25, -0.2) is 0 Å². The molecule has 2 aliphatic rings. The number of aliphatic hydroxyl groups is 6. The number of hydrogen-bond donors (Lipinski definition) is 7. The summed E-state index contributed by atoms with van der Waals surface area (Å²) in [6, 6.07) is -1.08. The number of carbonyl (C=O) groups excluding carboxylic acids is 2. The summed E-state index contributed by atoms with van der Waals surface area (Å²) in [6.45, 7) is -1.03. The molecule has 2 rings (SSSR count).